The van der Waals surface area contributed by atoms with E-state index in [-0.39, 0.29) is 18.6 Å². The molecule has 0 aliphatic carbocycles. The fourth-order valence-electron chi connectivity index (χ4n) is 3.41. The number of aliphatic hydroxyl groups is 2. The number of rotatable bonds is 13. The third-order valence-electron chi connectivity index (χ3n) is 5.50. The van der Waals surface area contributed by atoms with Crippen molar-refractivity contribution < 1.29 is 39.6 Å². The highest BCUT2D eigenvalue weighted by molar-refractivity contribution is 5.94. The summed E-state index contributed by atoms with van der Waals surface area (Å²) in [7, 11) is 0. The molecule has 0 aliphatic rings. The van der Waals surface area contributed by atoms with Gasteiger partial charge in [-0.15, -0.1) is 0 Å². The normalized spacial score (nSPS) is 14.9. The molecule has 9 N–H and O–H groups in total. The molecule has 0 fully saturated rings. The molecule has 2 aromatic carbocycles. The van der Waals surface area contributed by atoms with Gasteiger partial charge in [0.15, 0.2) is 0 Å². The molecule has 12 heteroatoms. The minimum Gasteiger partial charge on any atom is -0.508 e. The third-order valence-corrected chi connectivity index (χ3v) is 5.50. The lowest BCUT2D eigenvalue weighted by atomic mass is 10.0. The summed E-state index contributed by atoms with van der Waals surface area (Å²) < 4.78 is 0. The van der Waals surface area contributed by atoms with Gasteiger partial charge in [-0.1, -0.05) is 42.5 Å². The van der Waals surface area contributed by atoms with Crippen LogP contribution in [0.5, 0.6) is 5.75 Å². The molecule has 2 rings (SSSR count). The standard InChI is InChI=1S/C25H32N4O8/c1-14(31)21(29-22(33)18(26)13-30)24(35)27-19(11-16-7-9-17(32)10-8-16)23(34)28-20(25(36)37)12-15-5-3-2-4-6-15/h2-10,14,18-21,30-32H,11-13,26H2,1H3,(H,27,35)(H,28,34)(H,29,33)(H,36,37). The van der Waals surface area contributed by atoms with Crippen molar-refractivity contribution in [3.8, 4) is 5.75 Å². The number of aromatic hydroxyl groups is 1. The predicted octanol–water partition coefficient (Wildman–Crippen LogP) is -1.58. The number of benzene rings is 2. The Labute approximate surface area is 213 Å². The topological polar surface area (TPSA) is 211 Å². The van der Waals surface area contributed by atoms with E-state index in [9.17, 15) is 34.5 Å². The molecule has 0 radical (unpaired) electrons. The molecule has 0 aliphatic heterocycles. The predicted molar refractivity (Wildman–Crippen MR) is 132 cm³/mol. The lowest BCUT2D eigenvalue weighted by Gasteiger charge is -2.26. The van der Waals surface area contributed by atoms with E-state index in [1.165, 1.54) is 31.2 Å². The molecule has 2 aromatic rings. The fourth-order valence-corrected chi connectivity index (χ4v) is 3.41. The average Bonchev–Trinajstić information content (AvgIpc) is 2.87. The van der Waals surface area contributed by atoms with Crippen molar-refractivity contribution in [1.29, 1.82) is 0 Å². The van der Waals surface area contributed by atoms with E-state index in [4.69, 9.17) is 10.8 Å². The van der Waals surface area contributed by atoms with E-state index in [1.807, 2.05) is 0 Å². The van der Waals surface area contributed by atoms with Crippen molar-refractivity contribution in [2.75, 3.05) is 6.61 Å². The van der Waals surface area contributed by atoms with Crippen molar-refractivity contribution >= 4 is 23.7 Å². The Morgan fingerprint density at radius 2 is 1.35 bits per heavy atom. The van der Waals surface area contributed by atoms with Crippen molar-refractivity contribution in [3.05, 3.63) is 65.7 Å². The van der Waals surface area contributed by atoms with E-state index < -0.39 is 60.6 Å². The number of nitrogens with two attached hydrogens (primary N) is 1. The molecule has 5 atom stereocenters. The SMILES string of the molecule is CC(O)C(NC(=O)C(N)CO)C(=O)NC(Cc1ccc(O)cc1)C(=O)NC(Cc1ccccc1)C(=O)O. The summed E-state index contributed by atoms with van der Waals surface area (Å²) in [5.74, 6) is -3.93. The molecule has 37 heavy (non-hydrogen) atoms. The van der Waals surface area contributed by atoms with Crippen molar-refractivity contribution in [2.45, 2.75) is 50.0 Å². The molecule has 5 unspecified atom stereocenters. The number of nitrogens with one attached hydrogen (secondary N) is 3. The Morgan fingerprint density at radius 1 is 0.811 bits per heavy atom. The second kappa shape index (κ2) is 13.9. The number of hydrogen-bond acceptors (Lipinski definition) is 8. The van der Waals surface area contributed by atoms with Crippen LogP contribution in [0.25, 0.3) is 0 Å². The van der Waals surface area contributed by atoms with Gasteiger partial charge in [0, 0.05) is 12.8 Å². The summed E-state index contributed by atoms with van der Waals surface area (Å²) in [6.07, 6.45) is -1.49. The Bertz CT molecular complexity index is 1060. The second-order valence-electron chi connectivity index (χ2n) is 8.54. The number of aliphatic hydroxyl groups excluding tert-OH is 2. The van der Waals surface area contributed by atoms with Gasteiger partial charge in [0.1, 0.15) is 29.9 Å². The number of phenolic OH excluding ortho intramolecular Hbond substituents is 1. The highest BCUT2D eigenvalue weighted by Gasteiger charge is 2.32. The molecule has 0 aromatic heterocycles. The number of carboxylic acid groups (broad SMARTS) is 1. The number of amides is 3. The van der Waals surface area contributed by atoms with Crippen LogP contribution in [0.2, 0.25) is 0 Å². The van der Waals surface area contributed by atoms with Gasteiger partial charge in [0.2, 0.25) is 17.7 Å². The van der Waals surface area contributed by atoms with Crippen molar-refractivity contribution in [1.82, 2.24) is 16.0 Å². The van der Waals surface area contributed by atoms with Gasteiger partial charge in [-0.3, -0.25) is 14.4 Å². The molecule has 0 bridgehead atoms. The monoisotopic (exact) mass is 516 g/mol. The molecule has 0 saturated carbocycles. The molecule has 0 spiro atoms. The number of hydrogen-bond donors (Lipinski definition) is 8. The highest BCUT2D eigenvalue weighted by atomic mass is 16.4. The summed E-state index contributed by atoms with van der Waals surface area (Å²) in [5, 5.41) is 45.4. The minimum absolute atomic E-state index is 0.00675. The van der Waals surface area contributed by atoms with Gasteiger partial charge in [0.05, 0.1) is 12.7 Å². The van der Waals surface area contributed by atoms with Gasteiger partial charge in [-0.05, 0) is 30.2 Å². The van der Waals surface area contributed by atoms with Gasteiger partial charge in [-0.25, -0.2) is 4.79 Å². The second-order valence-corrected chi connectivity index (χ2v) is 8.54. The van der Waals surface area contributed by atoms with Crippen LogP contribution >= 0.6 is 0 Å². The Hall–Kier alpha value is -4.00. The van der Waals surface area contributed by atoms with Crippen LogP contribution in [-0.2, 0) is 32.0 Å². The summed E-state index contributed by atoms with van der Waals surface area (Å²) >= 11 is 0. The molecule has 0 saturated heterocycles. The van der Waals surface area contributed by atoms with E-state index in [2.05, 4.69) is 16.0 Å². The zero-order valence-corrected chi connectivity index (χ0v) is 20.2. The number of carbonyl (C=O) groups excluding carboxylic acids is 3. The maximum absolute atomic E-state index is 13.2. The maximum Gasteiger partial charge on any atom is 0.326 e. The van der Waals surface area contributed by atoms with Gasteiger partial charge < -0.3 is 42.1 Å². The first kappa shape index (κ1) is 29.2. The number of aliphatic carboxylic acids is 1. The van der Waals surface area contributed by atoms with Crippen molar-refractivity contribution in [2.24, 2.45) is 5.73 Å². The lowest BCUT2D eigenvalue weighted by Crippen LogP contribution is -2.60. The molecule has 3 amide bonds. The Kier molecular flexibility index (Phi) is 11.0. The maximum atomic E-state index is 13.2. The minimum atomic E-state index is -1.51. The van der Waals surface area contributed by atoms with Crippen LogP contribution in [-0.4, -0.2) is 81.0 Å². The average molecular weight is 517 g/mol. The number of carboxylic acids is 1. The first-order chi connectivity index (χ1) is 17.5. The van der Waals surface area contributed by atoms with Crippen LogP contribution in [0.3, 0.4) is 0 Å². The number of carbonyl (C=O) groups is 4. The van der Waals surface area contributed by atoms with Crippen LogP contribution in [0.4, 0.5) is 0 Å². The Morgan fingerprint density at radius 3 is 1.89 bits per heavy atom. The third kappa shape index (κ3) is 9.18. The number of phenols is 1. The van der Waals surface area contributed by atoms with E-state index in [1.54, 1.807) is 30.3 Å². The first-order valence-corrected chi connectivity index (χ1v) is 11.5. The van der Waals surface area contributed by atoms with E-state index >= 15 is 0 Å². The van der Waals surface area contributed by atoms with Crippen LogP contribution in [0.1, 0.15) is 18.1 Å². The Balaban J connectivity index is 2.26. The van der Waals surface area contributed by atoms with Crippen LogP contribution in [0.15, 0.2) is 54.6 Å². The van der Waals surface area contributed by atoms with Gasteiger partial charge in [-0.2, -0.15) is 0 Å². The van der Waals surface area contributed by atoms with Crippen molar-refractivity contribution in [3.63, 3.8) is 0 Å². The summed E-state index contributed by atoms with van der Waals surface area (Å²) in [4.78, 5) is 50.1. The van der Waals surface area contributed by atoms with Gasteiger partial charge in [0.25, 0.3) is 0 Å². The molecular weight excluding hydrogens is 484 g/mol. The molecule has 12 nitrogen and oxygen atoms in total. The van der Waals surface area contributed by atoms with Crippen LogP contribution < -0.4 is 21.7 Å². The molecular formula is C25H32N4O8. The summed E-state index contributed by atoms with van der Waals surface area (Å²) in [6.45, 7) is 0.550. The van der Waals surface area contributed by atoms with Gasteiger partial charge >= 0.3 is 5.97 Å². The fraction of sp³-hybridized carbons (Fsp3) is 0.360. The lowest BCUT2D eigenvalue weighted by molar-refractivity contribution is -0.142. The summed E-state index contributed by atoms with van der Waals surface area (Å²) in [6, 6.07) is 9.02. The molecule has 200 valence electrons. The summed E-state index contributed by atoms with van der Waals surface area (Å²) in [5.41, 5.74) is 6.67. The zero-order valence-electron chi connectivity index (χ0n) is 20.2. The highest BCUT2D eigenvalue weighted by Crippen LogP contribution is 2.12. The van der Waals surface area contributed by atoms with E-state index in [0.717, 1.165) is 0 Å². The van der Waals surface area contributed by atoms with E-state index in [0.29, 0.717) is 11.1 Å². The first-order valence-electron chi connectivity index (χ1n) is 11.5. The molecule has 0 heterocycles. The quantitative estimate of drug-likeness (QED) is 0.154. The largest absolute Gasteiger partial charge is 0.508 e. The smallest absolute Gasteiger partial charge is 0.326 e. The zero-order chi connectivity index (χ0) is 27.5. The van der Waals surface area contributed by atoms with Crippen LogP contribution in [0, 0.1) is 0 Å².